The van der Waals surface area contributed by atoms with Crippen molar-refractivity contribution in [2.24, 2.45) is 11.7 Å². The monoisotopic (exact) mass is 554 g/mol. The first-order chi connectivity index (χ1) is 19.2. The molecule has 2 unspecified atom stereocenters. The Labute approximate surface area is 227 Å². The third-order valence-corrected chi connectivity index (χ3v) is 8.32. The van der Waals surface area contributed by atoms with Crippen molar-refractivity contribution >= 4 is 34.7 Å². The molecule has 210 valence electrons. The van der Waals surface area contributed by atoms with Gasteiger partial charge in [-0.15, -0.1) is 0 Å². The average Bonchev–Trinajstić information content (AvgIpc) is 3.65. The van der Waals surface area contributed by atoms with E-state index in [1.807, 2.05) is 0 Å². The molecule has 0 radical (unpaired) electrons. The number of imidazole rings is 1. The van der Waals surface area contributed by atoms with Gasteiger partial charge in [0.05, 0.1) is 18.8 Å². The van der Waals surface area contributed by atoms with Gasteiger partial charge >= 0.3 is 6.09 Å². The first-order valence-electron chi connectivity index (χ1n) is 13.4. The first kappa shape index (κ1) is 25.1. The lowest BCUT2D eigenvalue weighted by Gasteiger charge is -2.38. The number of rotatable bonds is 4. The summed E-state index contributed by atoms with van der Waals surface area (Å²) in [5.74, 6) is -0.169. The molecule has 1 aliphatic carbocycles. The van der Waals surface area contributed by atoms with Gasteiger partial charge in [0.2, 0.25) is 0 Å². The summed E-state index contributed by atoms with van der Waals surface area (Å²) in [6, 6.07) is -0.453. The molecule has 5 heterocycles. The highest BCUT2D eigenvalue weighted by molar-refractivity contribution is 5.94. The zero-order valence-electron chi connectivity index (χ0n) is 21.8. The van der Waals surface area contributed by atoms with Crippen LogP contribution in [0.3, 0.4) is 0 Å². The van der Waals surface area contributed by atoms with E-state index in [1.54, 1.807) is 6.92 Å². The number of fused-ring (bicyclic) bond motifs is 3. The van der Waals surface area contributed by atoms with Gasteiger partial charge in [0, 0.05) is 32.5 Å². The summed E-state index contributed by atoms with van der Waals surface area (Å²) in [7, 11) is 0. The number of aromatic nitrogens is 4. The lowest BCUT2D eigenvalue weighted by molar-refractivity contribution is -0.118. The van der Waals surface area contributed by atoms with E-state index in [4.69, 9.17) is 15.2 Å². The summed E-state index contributed by atoms with van der Waals surface area (Å²) >= 11 is 0. The van der Waals surface area contributed by atoms with Gasteiger partial charge in [0.15, 0.2) is 29.9 Å². The van der Waals surface area contributed by atoms with E-state index < -0.39 is 29.4 Å². The molecule has 1 aromatic carbocycles. The van der Waals surface area contributed by atoms with Crippen LogP contribution in [0, 0.1) is 17.6 Å². The van der Waals surface area contributed by atoms with E-state index >= 15 is 8.78 Å². The predicted molar refractivity (Wildman–Crippen MR) is 138 cm³/mol. The maximum Gasteiger partial charge on any atom is 0.416 e. The van der Waals surface area contributed by atoms with Gasteiger partial charge in [-0.1, -0.05) is 0 Å². The van der Waals surface area contributed by atoms with Crippen molar-refractivity contribution in [3.63, 3.8) is 0 Å². The first-order valence-corrected chi connectivity index (χ1v) is 13.4. The summed E-state index contributed by atoms with van der Waals surface area (Å²) in [5, 5.41) is 2.60. The van der Waals surface area contributed by atoms with Crippen LogP contribution in [0.5, 0.6) is 5.88 Å². The van der Waals surface area contributed by atoms with Crippen LogP contribution in [0.4, 0.5) is 25.2 Å². The van der Waals surface area contributed by atoms with Gasteiger partial charge < -0.3 is 30.4 Å². The molecule has 12 nitrogen and oxygen atoms in total. The maximum atomic E-state index is 15.3. The molecular formula is C26H28F2N8O4. The molecule has 4 aliphatic rings. The molecule has 0 bridgehead atoms. The molecule has 2 aromatic heterocycles. The topological polar surface area (TPSA) is 152 Å². The Balaban J connectivity index is 1.00. The van der Waals surface area contributed by atoms with Crippen molar-refractivity contribution in [3.8, 4) is 5.88 Å². The average molecular weight is 555 g/mol. The zero-order chi connectivity index (χ0) is 27.8. The molecule has 14 heteroatoms. The van der Waals surface area contributed by atoms with E-state index in [9.17, 15) is 9.59 Å². The number of halogens is 2. The molecule has 2 amide bonds. The molecule has 2 saturated heterocycles. The number of nitrogens with two attached hydrogens (primary N) is 1. The maximum absolute atomic E-state index is 15.3. The number of hydrogen-bond donors (Lipinski definition) is 3. The Morgan fingerprint density at radius 2 is 1.93 bits per heavy atom. The number of piperidine rings is 1. The summed E-state index contributed by atoms with van der Waals surface area (Å²) in [6.45, 7) is 3.94. The van der Waals surface area contributed by atoms with Crippen molar-refractivity contribution in [1.82, 2.24) is 24.8 Å². The largest absolute Gasteiger partial charge is 0.465 e. The van der Waals surface area contributed by atoms with Crippen LogP contribution >= 0.6 is 0 Å². The Morgan fingerprint density at radius 1 is 1.18 bits per heavy atom. The minimum Gasteiger partial charge on any atom is -0.465 e. The number of ether oxygens (including phenoxy) is 2. The molecule has 40 heavy (non-hydrogen) atoms. The van der Waals surface area contributed by atoms with Crippen LogP contribution in [-0.4, -0.2) is 75.2 Å². The molecular weight excluding hydrogens is 526 g/mol. The van der Waals surface area contributed by atoms with E-state index in [1.165, 1.54) is 11.1 Å². The molecule has 4 N–H and O–H groups in total. The fraction of sp³-hybridized carbons (Fsp3) is 0.500. The summed E-state index contributed by atoms with van der Waals surface area (Å²) < 4.78 is 41.7. The number of nitrogens with one attached hydrogen (secondary N) is 2. The number of aromatic amines is 1. The standard InChI is InChI=1S/C26H28F2N8O4/c1-12(29)22-33-20-18(27)14-6-13(7-15(14)19(28)21(20)34-22)9-35-4-2-26(3-5-35)11-36(25(38)40-26)16-8-30-24-23(31-16)32-17(37)10-39-24/h8,12-13H,2-7,9-11,29H2,1H3,(H,33,34)(H,31,32,37). The fourth-order valence-electron chi connectivity index (χ4n) is 6.24. The fourth-order valence-corrected chi connectivity index (χ4v) is 6.24. The molecule has 7 rings (SSSR count). The normalized spacial score (nSPS) is 21.4. The number of anilines is 2. The van der Waals surface area contributed by atoms with Crippen LogP contribution in [0.25, 0.3) is 11.0 Å². The Kier molecular flexibility index (Phi) is 5.68. The lowest BCUT2D eigenvalue weighted by atomic mass is 9.90. The Morgan fingerprint density at radius 3 is 2.67 bits per heavy atom. The van der Waals surface area contributed by atoms with Gasteiger partial charge in [-0.2, -0.15) is 0 Å². The van der Waals surface area contributed by atoms with E-state index in [0.29, 0.717) is 68.8 Å². The van der Waals surface area contributed by atoms with Crippen molar-refractivity contribution in [2.45, 2.75) is 44.2 Å². The predicted octanol–water partition coefficient (Wildman–Crippen LogP) is 2.19. The van der Waals surface area contributed by atoms with Gasteiger partial charge in [-0.3, -0.25) is 9.69 Å². The third kappa shape index (κ3) is 4.04. The van der Waals surface area contributed by atoms with Crippen LogP contribution in [-0.2, 0) is 22.4 Å². The molecule has 2 atom stereocenters. The third-order valence-electron chi connectivity index (χ3n) is 8.32. The van der Waals surface area contributed by atoms with E-state index in [2.05, 4.69) is 30.2 Å². The van der Waals surface area contributed by atoms with Crippen LogP contribution in [0.15, 0.2) is 6.20 Å². The smallest absolute Gasteiger partial charge is 0.416 e. The van der Waals surface area contributed by atoms with Gasteiger partial charge in [-0.05, 0) is 36.8 Å². The van der Waals surface area contributed by atoms with Crippen LogP contribution in [0.1, 0.15) is 42.8 Å². The Hall–Kier alpha value is -3.91. The highest BCUT2D eigenvalue weighted by Gasteiger charge is 2.48. The van der Waals surface area contributed by atoms with Crippen molar-refractivity contribution in [2.75, 3.05) is 43.0 Å². The molecule has 1 spiro atoms. The molecule has 3 aliphatic heterocycles. The van der Waals surface area contributed by atoms with Crippen molar-refractivity contribution < 1.29 is 27.8 Å². The second-order valence-electron chi connectivity index (χ2n) is 11.2. The van der Waals surface area contributed by atoms with Crippen molar-refractivity contribution in [3.05, 3.63) is 34.8 Å². The molecule has 0 saturated carbocycles. The number of likely N-dealkylation sites (tertiary alicyclic amines) is 1. The number of nitrogens with zero attached hydrogens (tertiary/aromatic N) is 5. The van der Waals surface area contributed by atoms with Gasteiger partial charge in [0.25, 0.3) is 11.8 Å². The minimum absolute atomic E-state index is 0.00948. The minimum atomic E-state index is -0.663. The summed E-state index contributed by atoms with van der Waals surface area (Å²) in [4.78, 5) is 43.7. The lowest BCUT2D eigenvalue weighted by Crippen LogP contribution is -2.48. The molecule has 3 aromatic rings. The number of hydrogen-bond acceptors (Lipinski definition) is 9. The molecule has 2 fully saturated rings. The van der Waals surface area contributed by atoms with Gasteiger partial charge in [-0.25, -0.2) is 28.5 Å². The number of carbonyl (C=O) groups is 2. The zero-order valence-corrected chi connectivity index (χ0v) is 21.8. The number of benzene rings is 1. The number of H-pyrrole nitrogens is 1. The highest BCUT2D eigenvalue weighted by atomic mass is 19.1. The number of amides is 2. The number of carbonyl (C=O) groups excluding carboxylic acids is 2. The van der Waals surface area contributed by atoms with E-state index in [0.717, 1.165) is 0 Å². The highest BCUT2D eigenvalue weighted by Crippen LogP contribution is 2.39. The summed E-state index contributed by atoms with van der Waals surface area (Å²) in [6.07, 6.45) is 3.03. The van der Waals surface area contributed by atoms with Gasteiger partial charge in [0.1, 0.15) is 22.5 Å². The van der Waals surface area contributed by atoms with Crippen LogP contribution < -0.4 is 20.7 Å². The SMILES string of the molecule is CC(N)c1nc2c(F)c3c(c(F)c2[nH]1)CC(CN1CCC2(CC1)CN(c1cnc4c(n1)NC(=O)CO4)C(=O)O2)C3. The second-order valence-corrected chi connectivity index (χ2v) is 11.2. The van der Waals surface area contributed by atoms with Crippen molar-refractivity contribution in [1.29, 1.82) is 0 Å². The van der Waals surface area contributed by atoms with E-state index in [-0.39, 0.29) is 47.0 Å². The quantitative estimate of drug-likeness (QED) is 0.441. The second kappa shape index (κ2) is 9.06. The summed E-state index contributed by atoms with van der Waals surface area (Å²) in [5.41, 5.74) is 6.09. The van der Waals surface area contributed by atoms with Crippen LogP contribution in [0.2, 0.25) is 0 Å². The Bertz CT molecular complexity index is 1500.